The zero-order valence-electron chi connectivity index (χ0n) is 17.2. The van der Waals surface area contributed by atoms with Crippen LogP contribution in [0.4, 0.5) is 0 Å². The Balaban J connectivity index is 1.70. The number of thioether (sulfide) groups is 1. The van der Waals surface area contributed by atoms with E-state index in [1.165, 1.54) is 16.7 Å². The number of carbonyl (C=O) groups excluding carboxylic acids is 2. The first kappa shape index (κ1) is 23.5. The maximum absolute atomic E-state index is 13.1. The third-order valence-corrected chi connectivity index (χ3v) is 6.68. The topological polar surface area (TPSA) is 69.6 Å². The van der Waals surface area contributed by atoms with Gasteiger partial charge in [-0.3, -0.25) is 14.5 Å². The fourth-order valence-electron chi connectivity index (χ4n) is 3.25. The molecule has 0 spiro atoms. The van der Waals surface area contributed by atoms with Gasteiger partial charge in [-0.25, -0.2) is 0 Å². The van der Waals surface area contributed by atoms with E-state index >= 15 is 0 Å². The second-order valence-electron chi connectivity index (χ2n) is 7.50. The quantitative estimate of drug-likeness (QED) is 0.409. The maximum Gasteiger partial charge on any atom is 0.266 e. The molecule has 0 aliphatic carbocycles. The lowest BCUT2D eigenvalue weighted by atomic mass is 10.0. The summed E-state index contributed by atoms with van der Waals surface area (Å²) < 4.78 is 1.35. The van der Waals surface area contributed by atoms with Gasteiger partial charge in [0.25, 0.3) is 5.91 Å². The summed E-state index contributed by atoms with van der Waals surface area (Å²) >= 11 is 10.1. The Hall–Kier alpha value is -2.16. The van der Waals surface area contributed by atoms with E-state index in [0.717, 1.165) is 15.6 Å². The van der Waals surface area contributed by atoms with Crippen LogP contribution in [0.1, 0.15) is 25.0 Å². The first-order chi connectivity index (χ1) is 14.8. The minimum absolute atomic E-state index is 0.108. The number of carbonyl (C=O) groups is 2. The number of halogens is 1. The van der Waals surface area contributed by atoms with E-state index < -0.39 is 6.04 Å². The Morgan fingerprint density at radius 3 is 2.45 bits per heavy atom. The molecule has 2 aromatic carbocycles. The molecule has 162 valence electrons. The normalized spacial score (nSPS) is 16.3. The highest BCUT2D eigenvalue weighted by atomic mass is 79.9. The van der Waals surface area contributed by atoms with Crippen LogP contribution in [0.3, 0.4) is 0 Å². The molecule has 8 heteroatoms. The van der Waals surface area contributed by atoms with E-state index in [1.807, 2.05) is 50.2 Å². The van der Waals surface area contributed by atoms with Gasteiger partial charge in [-0.05, 0) is 53.8 Å². The van der Waals surface area contributed by atoms with E-state index in [-0.39, 0.29) is 23.5 Å². The Morgan fingerprint density at radius 1 is 1.19 bits per heavy atom. The number of nitrogens with one attached hydrogen (secondary N) is 1. The largest absolute Gasteiger partial charge is 0.508 e. The van der Waals surface area contributed by atoms with Gasteiger partial charge in [-0.1, -0.05) is 78.0 Å². The number of amides is 2. The Bertz CT molecular complexity index is 1000. The number of aromatic hydroxyl groups is 1. The van der Waals surface area contributed by atoms with Gasteiger partial charge in [0.05, 0.1) is 4.91 Å². The number of hydrogen-bond acceptors (Lipinski definition) is 5. The van der Waals surface area contributed by atoms with Crippen LogP contribution in [0.25, 0.3) is 6.08 Å². The molecule has 0 aromatic heterocycles. The van der Waals surface area contributed by atoms with Crippen molar-refractivity contribution in [3.63, 3.8) is 0 Å². The zero-order valence-corrected chi connectivity index (χ0v) is 20.4. The van der Waals surface area contributed by atoms with Crippen molar-refractivity contribution in [3.8, 4) is 5.75 Å². The van der Waals surface area contributed by atoms with Crippen LogP contribution in [0.15, 0.2) is 57.9 Å². The van der Waals surface area contributed by atoms with Crippen molar-refractivity contribution in [2.24, 2.45) is 5.92 Å². The number of nitrogens with zero attached hydrogens (tertiary/aromatic N) is 1. The SMILES string of the molecule is CC(C)C(C(=O)NCCc1ccc(O)cc1)N1C(=O)/C(=C/c2ccc(Br)cc2)SC1=S. The van der Waals surface area contributed by atoms with Crippen molar-refractivity contribution in [2.75, 3.05) is 6.54 Å². The number of thiocarbonyl (C=S) groups is 1. The molecule has 3 rings (SSSR count). The second kappa shape index (κ2) is 10.4. The standard InChI is InChI=1S/C23H23BrN2O3S2/c1-14(2)20(21(28)25-12-11-15-5-9-18(27)10-6-15)26-22(29)19(31-23(26)30)13-16-3-7-17(24)8-4-16/h3-10,13-14,20,27H,11-12H2,1-2H3,(H,25,28)/b19-13-. The summed E-state index contributed by atoms with van der Waals surface area (Å²) in [6.45, 7) is 4.23. The Morgan fingerprint density at radius 2 is 1.84 bits per heavy atom. The average Bonchev–Trinajstić information content (AvgIpc) is 2.99. The minimum Gasteiger partial charge on any atom is -0.508 e. The van der Waals surface area contributed by atoms with Crippen molar-refractivity contribution >= 4 is 62.1 Å². The number of benzene rings is 2. The molecular weight excluding hydrogens is 496 g/mol. The monoisotopic (exact) mass is 518 g/mol. The van der Waals surface area contributed by atoms with Crippen molar-refractivity contribution in [2.45, 2.75) is 26.3 Å². The summed E-state index contributed by atoms with van der Waals surface area (Å²) in [6.07, 6.45) is 2.42. The molecule has 2 amide bonds. The fraction of sp³-hybridized carbons (Fsp3) is 0.261. The lowest BCUT2D eigenvalue weighted by Gasteiger charge is -2.29. The molecular formula is C23H23BrN2O3S2. The van der Waals surface area contributed by atoms with Gasteiger partial charge in [0, 0.05) is 11.0 Å². The molecule has 31 heavy (non-hydrogen) atoms. The third-order valence-electron chi connectivity index (χ3n) is 4.82. The molecule has 5 nitrogen and oxygen atoms in total. The molecule has 1 fully saturated rings. The van der Waals surface area contributed by atoms with Gasteiger partial charge >= 0.3 is 0 Å². The molecule has 1 aliphatic rings. The van der Waals surface area contributed by atoms with Gasteiger partial charge in [0.2, 0.25) is 5.91 Å². The van der Waals surface area contributed by atoms with Crippen LogP contribution in [-0.4, -0.2) is 38.7 Å². The maximum atomic E-state index is 13.1. The van der Waals surface area contributed by atoms with Gasteiger partial charge in [-0.2, -0.15) is 0 Å². The number of rotatable bonds is 7. The van der Waals surface area contributed by atoms with E-state index in [4.69, 9.17) is 12.2 Å². The van der Waals surface area contributed by atoms with Crippen LogP contribution in [0, 0.1) is 5.92 Å². The first-order valence-corrected chi connectivity index (χ1v) is 11.9. The predicted molar refractivity (Wildman–Crippen MR) is 133 cm³/mol. The summed E-state index contributed by atoms with van der Waals surface area (Å²) in [6, 6.07) is 13.8. The molecule has 1 saturated heterocycles. The fourth-order valence-corrected chi connectivity index (χ4v) is 4.84. The highest BCUT2D eigenvalue weighted by Crippen LogP contribution is 2.35. The summed E-state index contributed by atoms with van der Waals surface area (Å²) in [5, 5.41) is 12.3. The molecule has 0 radical (unpaired) electrons. The average molecular weight is 519 g/mol. The molecule has 1 unspecified atom stereocenters. The molecule has 1 atom stereocenters. The van der Waals surface area contributed by atoms with Crippen molar-refractivity contribution in [1.29, 1.82) is 0 Å². The number of phenols is 1. The van der Waals surface area contributed by atoms with Crippen LogP contribution < -0.4 is 5.32 Å². The second-order valence-corrected chi connectivity index (χ2v) is 10.1. The number of hydrogen-bond donors (Lipinski definition) is 2. The predicted octanol–water partition coefficient (Wildman–Crippen LogP) is 4.74. The highest BCUT2D eigenvalue weighted by Gasteiger charge is 2.41. The first-order valence-electron chi connectivity index (χ1n) is 9.84. The summed E-state index contributed by atoms with van der Waals surface area (Å²) in [7, 11) is 0. The summed E-state index contributed by atoms with van der Waals surface area (Å²) in [5.41, 5.74) is 1.89. The number of phenolic OH excluding ortho intramolecular Hbond substituents is 1. The van der Waals surface area contributed by atoms with Crippen molar-refractivity contribution < 1.29 is 14.7 Å². The van der Waals surface area contributed by atoms with E-state index in [9.17, 15) is 14.7 Å². The molecule has 1 heterocycles. The summed E-state index contributed by atoms with van der Waals surface area (Å²) in [5.74, 6) is -0.373. The highest BCUT2D eigenvalue weighted by molar-refractivity contribution is 9.10. The van der Waals surface area contributed by atoms with Crippen LogP contribution in [0.2, 0.25) is 0 Å². The van der Waals surface area contributed by atoms with Gasteiger partial charge < -0.3 is 10.4 Å². The minimum atomic E-state index is -0.678. The van der Waals surface area contributed by atoms with Crippen LogP contribution in [0.5, 0.6) is 5.75 Å². The molecule has 2 N–H and O–H groups in total. The lowest BCUT2D eigenvalue weighted by Crippen LogP contribution is -2.51. The molecule has 1 aliphatic heterocycles. The molecule has 0 saturated carbocycles. The Labute approximate surface area is 200 Å². The van der Waals surface area contributed by atoms with E-state index in [2.05, 4.69) is 21.2 Å². The van der Waals surface area contributed by atoms with Crippen LogP contribution >= 0.6 is 39.9 Å². The summed E-state index contributed by atoms with van der Waals surface area (Å²) in [4.78, 5) is 28.0. The molecule has 0 bridgehead atoms. The molecule has 2 aromatic rings. The Kier molecular flexibility index (Phi) is 7.91. The van der Waals surface area contributed by atoms with Crippen LogP contribution in [-0.2, 0) is 16.0 Å². The van der Waals surface area contributed by atoms with E-state index in [0.29, 0.717) is 22.2 Å². The third kappa shape index (κ3) is 5.96. The van der Waals surface area contributed by atoms with E-state index in [1.54, 1.807) is 18.2 Å². The van der Waals surface area contributed by atoms with Gasteiger partial charge in [0.1, 0.15) is 16.1 Å². The van der Waals surface area contributed by atoms with Crippen molar-refractivity contribution in [1.82, 2.24) is 10.2 Å². The zero-order chi connectivity index (χ0) is 22.5. The lowest BCUT2D eigenvalue weighted by molar-refractivity contribution is -0.134. The van der Waals surface area contributed by atoms with Gasteiger partial charge in [0.15, 0.2) is 0 Å². The smallest absolute Gasteiger partial charge is 0.266 e. The van der Waals surface area contributed by atoms with Gasteiger partial charge in [-0.15, -0.1) is 0 Å². The van der Waals surface area contributed by atoms with Crippen molar-refractivity contribution in [3.05, 3.63) is 69.0 Å².